The lowest BCUT2D eigenvalue weighted by Crippen LogP contribution is -2.14. The third-order valence-electron chi connectivity index (χ3n) is 3.16. The van der Waals surface area contributed by atoms with Gasteiger partial charge in [-0.05, 0) is 49.2 Å². The number of halogens is 1. The van der Waals surface area contributed by atoms with Crippen molar-refractivity contribution in [1.29, 1.82) is 0 Å². The Morgan fingerprint density at radius 3 is 2.33 bits per heavy atom. The van der Waals surface area contributed by atoms with Gasteiger partial charge in [-0.25, -0.2) is 12.8 Å². The van der Waals surface area contributed by atoms with Crippen LogP contribution < -0.4 is 10.5 Å². The SMILES string of the molecule is Cc1ccc(F)cc1NS(=O)(=O)c1ccc(C(C)N)cc1. The molecule has 2 aromatic rings. The van der Waals surface area contributed by atoms with Crippen molar-refractivity contribution in [3.8, 4) is 0 Å². The Morgan fingerprint density at radius 2 is 1.76 bits per heavy atom. The van der Waals surface area contributed by atoms with E-state index in [1.165, 1.54) is 24.3 Å². The molecule has 0 bridgehead atoms. The number of nitrogens with two attached hydrogens (primary N) is 1. The van der Waals surface area contributed by atoms with Gasteiger partial charge in [-0.3, -0.25) is 4.72 Å². The van der Waals surface area contributed by atoms with Crippen LogP contribution in [0.2, 0.25) is 0 Å². The summed E-state index contributed by atoms with van der Waals surface area (Å²) in [6, 6.07) is 10.1. The Balaban J connectivity index is 2.31. The molecule has 112 valence electrons. The second kappa shape index (κ2) is 5.83. The summed E-state index contributed by atoms with van der Waals surface area (Å²) in [4.78, 5) is 0.107. The molecule has 0 radical (unpaired) electrons. The Bertz CT molecular complexity index is 741. The molecule has 0 spiro atoms. The van der Waals surface area contributed by atoms with Gasteiger partial charge in [0.15, 0.2) is 0 Å². The topological polar surface area (TPSA) is 72.2 Å². The van der Waals surface area contributed by atoms with E-state index in [4.69, 9.17) is 5.73 Å². The van der Waals surface area contributed by atoms with E-state index in [0.29, 0.717) is 5.56 Å². The van der Waals surface area contributed by atoms with Crippen molar-refractivity contribution in [3.05, 3.63) is 59.4 Å². The number of sulfonamides is 1. The first-order valence-corrected chi connectivity index (χ1v) is 7.92. The molecule has 6 heteroatoms. The van der Waals surface area contributed by atoms with Gasteiger partial charge in [0.25, 0.3) is 10.0 Å². The van der Waals surface area contributed by atoms with Crippen molar-refractivity contribution < 1.29 is 12.8 Å². The summed E-state index contributed by atoms with van der Waals surface area (Å²) in [6.45, 7) is 3.52. The van der Waals surface area contributed by atoms with Crippen LogP contribution in [0.25, 0.3) is 0 Å². The van der Waals surface area contributed by atoms with Crippen molar-refractivity contribution in [1.82, 2.24) is 0 Å². The van der Waals surface area contributed by atoms with Gasteiger partial charge in [0.05, 0.1) is 10.6 Å². The molecule has 2 aromatic carbocycles. The molecule has 4 nitrogen and oxygen atoms in total. The smallest absolute Gasteiger partial charge is 0.261 e. The molecule has 0 saturated carbocycles. The van der Waals surface area contributed by atoms with Gasteiger partial charge in [0.2, 0.25) is 0 Å². The molecule has 0 aliphatic heterocycles. The average molecular weight is 308 g/mol. The maximum absolute atomic E-state index is 13.2. The summed E-state index contributed by atoms with van der Waals surface area (Å²) in [7, 11) is -3.75. The fraction of sp³-hybridized carbons (Fsp3) is 0.200. The Hall–Kier alpha value is -1.92. The third-order valence-corrected chi connectivity index (χ3v) is 4.54. The minimum atomic E-state index is -3.75. The number of hydrogen-bond acceptors (Lipinski definition) is 3. The average Bonchev–Trinajstić information content (AvgIpc) is 2.43. The molecule has 0 saturated heterocycles. The van der Waals surface area contributed by atoms with Crippen LogP contribution in [0, 0.1) is 12.7 Å². The fourth-order valence-electron chi connectivity index (χ4n) is 1.86. The standard InChI is InChI=1S/C15H17FN2O2S/c1-10-3-6-13(16)9-15(10)18-21(19,20)14-7-4-12(5-8-14)11(2)17/h3-9,11,18H,17H2,1-2H3. The molecule has 0 fully saturated rings. The number of benzene rings is 2. The van der Waals surface area contributed by atoms with Crippen LogP contribution in [0.3, 0.4) is 0 Å². The molecule has 0 aromatic heterocycles. The highest BCUT2D eigenvalue weighted by atomic mass is 32.2. The van der Waals surface area contributed by atoms with E-state index >= 15 is 0 Å². The number of rotatable bonds is 4. The quantitative estimate of drug-likeness (QED) is 0.912. The summed E-state index contributed by atoms with van der Waals surface area (Å²) in [6.07, 6.45) is 0. The van der Waals surface area contributed by atoms with E-state index in [9.17, 15) is 12.8 Å². The van der Waals surface area contributed by atoms with Gasteiger partial charge >= 0.3 is 0 Å². The summed E-state index contributed by atoms with van der Waals surface area (Å²) < 4.78 is 40.2. The van der Waals surface area contributed by atoms with Gasteiger partial charge in [0, 0.05) is 6.04 Å². The highest BCUT2D eigenvalue weighted by Gasteiger charge is 2.16. The second-order valence-electron chi connectivity index (χ2n) is 4.92. The lowest BCUT2D eigenvalue weighted by molar-refractivity contribution is 0.601. The van der Waals surface area contributed by atoms with Gasteiger partial charge in [0.1, 0.15) is 5.82 Å². The van der Waals surface area contributed by atoms with Gasteiger partial charge in [-0.1, -0.05) is 18.2 Å². The number of hydrogen-bond donors (Lipinski definition) is 2. The zero-order valence-corrected chi connectivity index (χ0v) is 12.6. The highest BCUT2D eigenvalue weighted by molar-refractivity contribution is 7.92. The normalized spacial score (nSPS) is 13.0. The van der Waals surface area contributed by atoms with E-state index in [2.05, 4.69) is 4.72 Å². The molecule has 21 heavy (non-hydrogen) atoms. The summed E-state index contributed by atoms with van der Waals surface area (Å²) in [5.74, 6) is -0.495. The zero-order chi connectivity index (χ0) is 15.6. The largest absolute Gasteiger partial charge is 0.324 e. The predicted molar refractivity (Wildman–Crippen MR) is 81.0 cm³/mol. The van der Waals surface area contributed by atoms with Crippen molar-refractivity contribution in [2.24, 2.45) is 5.73 Å². The Labute approximate surface area is 123 Å². The van der Waals surface area contributed by atoms with E-state index < -0.39 is 15.8 Å². The van der Waals surface area contributed by atoms with Crippen LogP contribution in [-0.4, -0.2) is 8.42 Å². The number of nitrogens with one attached hydrogen (secondary N) is 1. The van der Waals surface area contributed by atoms with Crippen LogP contribution >= 0.6 is 0 Å². The monoisotopic (exact) mass is 308 g/mol. The molecule has 0 aliphatic rings. The molecule has 1 unspecified atom stereocenters. The fourth-order valence-corrected chi connectivity index (χ4v) is 2.98. The van der Waals surface area contributed by atoms with Crippen LogP contribution in [0.4, 0.5) is 10.1 Å². The predicted octanol–water partition coefficient (Wildman–Crippen LogP) is 2.95. The molecule has 0 aliphatic carbocycles. The van der Waals surface area contributed by atoms with Crippen molar-refractivity contribution >= 4 is 15.7 Å². The summed E-state index contributed by atoms with van der Waals surface area (Å²) in [5, 5.41) is 0. The minimum absolute atomic E-state index is 0.107. The van der Waals surface area contributed by atoms with Crippen LogP contribution in [-0.2, 0) is 10.0 Å². The summed E-state index contributed by atoms with van der Waals surface area (Å²) in [5.41, 5.74) is 7.44. The first-order valence-electron chi connectivity index (χ1n) is 6.44. The van der Waals surface area contributed by atoms with Crippen molar-refractivity contribution in [3.63, 3.8) is 0 Å². The van der Waals surface area contributed by atoms with Crippen molar-refractivity contribution in [2.75, 3.05) is 4.72 Å². The molecule has 0 heterocycles. The number of anilines is 1. The lowest BCUT2D eigenvalue weighted by Gasteiger charge is -2.12. The molecule has 1 atom stereocenters. The van der Waals surface area contributed by atoms with Crippen molar-refractivity contribution in [2.45, 2.75) is 24.8 Å². The van der Waals surface area contributed by atoms with Crippen LogP contribution in [0.1, 0.15) is 24.1 Å². The van der Waals surface area contributed by atoms with Gasteiger partial charge < -0.3 is 5.73 Å². The number of aryl methyl sites for hydroxylation is 1. The first-order chi connectivity index (χ1) is 9.79. The van der Waals surface area contributed by atoms with Gasteiger partial charge in [-0.15, -0.1) is 0 Å². The van der Waals surface area contributed by atoms with Crippen LogP contribution in [0.5, 0.6) is 0 Å². The maximum Gasteiger partial charge on any atom is 0.261 e. The minimum Gasteiger partial charge on any atom is -0.324 e. The van der Waals surface area contributed by atoms with E-state index in [-0.39, 0.29) is 16.6 Å². The first kappa shape index (κ1) is 15.5. The second-order valence-corrected chi connectivity index (χ2v) is 6.60. The molecular weight excluding hydrogens is 291 g/mol. The van der Waals surface area contributed by atoms with E-state index in [0.717, 1.165) is 11.6 Å². The molecule has 0 amide bonds. The lowest BCUT2D eigenvalue weighted by atomic mass is 10.1. The molecule has 3 N–H and O–H groups in total. The molecular formula is C15H17FN2O2S. The Kier molecular flexibility index (Phi) is 4.29. The maximum atomic E-state index is 13.2. The summed E-state index contributed by atoms with van der Waals surface area (Å²) >= 11 is 0. The van der Waals surface area contributed by atoms with E-state index in [1.54, 1.807) is 19.1 Å². The highest BCUT2D eigenvalue weighted by Crippen LogP contribution is 2.21. The van der Waals surface area contributed by atoms with Gasteiger partial charge in [-0.2, -0.15) is 0 Å². The Morgan fingerprint density at radius 1 is 1.14 bits per heavy atom. The third kappa shape index (κ3) is 3.59. The molecule has 2 rings (SSSR count). The van der Waals surface area contributed by atoms with E-state index in [1.807, 2.05) is 6.92 Å². The zero-order valence-electron chi connectivity index (χ0n) is 11.8. The van der Waals surface area contributed by atoms with Crippen LogP contribution in [0.15, 0.2) is 47.4 Å².